The summed E-state index contributed by atoms with van der Waals surface area (Å²) in [5.74, 6) is -1.17. The molecule has 0 bridgehead atoms. The Morgan fingerprint density at radius 2 is 1.97 bits per heavy atom. The molecule has 0 aliphatic carbocycles. The molecule has 0 aromatic carbocycles. The summed E-state index contributed by atoms with van der Waals surface area (Å²) in [5.41, 5.74) is 2.46. The second kappa shape index (κ2) is 10.8. The number of methoxy groups -OCH3 is 1. The molecule has 0 fully saturated rings. The summed E-state index contributed by atoms with van der Waals surface area (Å²) in [5, 5.41) is 9.38. The maximum atomic E-state index is 11.3. The first-order valence-electron chi connectivity index (χ1n) is 8.53. The number of ether oxygens (including phenoxy) is 3. The maximum absolute atomic E-state index is 11.3. The van der Waals surface area contributed by atoms with Crippen LogP contribution in [0.3, 0.4) is 0 Å². The van der Waals surface area contributed by atoms with Crippen LogP contribution in [-0.4, -0.2) is 45.9 Å². The minimum absolute atomic E-state index is 0.194. The number of rotatable bonds is 10. The minimum Gasteiger partial charge on any atom is -0.481 e. The number of hydrogen-bond donors (Lipinski definition) is 1. The number of aromatic nitrogens is 3. The van der Waals surface area contributed by atoms with Crippen molar-refractivity contribution in [2.45, 2.75) is 37.6 Å². The highest BCUT2D eigenvalue weighted by Gasteiger charge is 2.17. The number of esters is 1. The molecule has 9 nitrogen and oxygen atoms in total. The highest BCUT2D eigenvalue weighted by Crippen LogP contribution is 2.31. The van der Waals surface area contributed by atoms with Gasteiger partial charge >= 0.3 is 11.9 Å². The summed E-state index contributed by atoms with van der Waals surface area (Å²) in [6, 6.07) is 1.86. The van der Waals surface area contributed by atoms with Gasteiger partial charge in [0.05, 0.1) is 12.7 Å². The maximum Gasteiger partial charge on any atom is 0.320 e. The Labute approximate surface area is 176 Å². The normalized spacial score (nSPS) is 10.5. The smallest absolute Gasteiger partial charge is 0.320 e. The fraction of sp³-hybridized carbons (Fsp3) is 0.389. The molecule has 0 atom stereocenters. The Balaban J connectivity index is 2.16. The van der Waals surface area contributed by atoms with E-state index in [4.69, 9.17) is 30.9 Å². The molecule has 2 rings (SSSR count). The van der Waals surface area contributed by atoms with Crippen LogP contribution in [0.2, 0.25) is 5.15 Å². The number of halogens is 1. The van der Waals surface area contributed by atoms with Gasteiger partial charge in [-0.05, 0) is 25.0 Å². The van der Waals surface area contributed by atoms with Gasteiger partial charge in [0.15, 0.2) is 5.16 Å². The molecule has 0 amide bonds. The van der Waals surface area contributed by atoms with E-state index in [9.17, 15) is 9.59 Å². The van der Waals surface area contributed by atoms with E-state index < -0.39 is 25.2 Å². The molecule has 0 saturated carbocycles. The molecule has 11 heteroatoms. The van der Waals surface area contributed by atoms with E-state index in [0.29, 0.717) is 33.9 Å². The highest BCUT2D eigenvalue weighted by atomic mass is 35.5. The number of pyridine rings is 1. The van der Waals surface area contributed by atoms with Gasteiger partial charge in [-0.3, -0.25) is 9.59 Å². The molecule has 156 valence electrons. The summed E-state index contributed by atoms with van der Waals surface area (Å²) in [7, 11) is 1.48. The number of hydrogen-bond acceptors (Lipinski definition) is 9. The summed E-state index contributed by atoms with van der Waals surface area (Å²) in [6.45, 7) is 3.33. The summed E-state index contributed by atoms with van der Waals surface area (Å²) in [4.78, 5) is 34.7. The number of nitrogens with zero attached hydrogens (tertiary/aromatic N) is 3. The van der Waals surface area contributed by atoms with Crippen molar-refractivity contribution in [2.75, 3.05) is 13.9 Å². The first kappa shape index (κ1) is 22.7. The van der Waals surface area contributed by atoms with Gasteiger partial charge in [0, 0.05) is 17.5 Å². The SMILES string of the molecule is CCc1c(OC)nc(SCc2c(C)ccnc2Cl)nc1OCOC(=O)CC(=O)O. The molecule has 1 N–H and O–H groups in total. The summed E-state index contributed by atoms with van der Waals surface area (Å²) in [6.07, 6.45) is 1.41. The lowest BCUT2D eigenvalue weighted by molar-refractivity contribution is -0.156. The quantitative estimate of drug-likeness (QED) is 0.147. The number of aliphatic carboxylic acids is 1. The summed E-state index contributed by atoms with van der Waals surface area (Å²) >= 11 is 7.48. The molecule has 2 heterocycles. The van der Waals surface area contributed by atoms with E-state index in [-0.39, 0.29) is 5.88 Å². The molecule has 0 radical (unpaired) electrons. The first-order chi connectivity index (χ1) is 13.8. The Hall–Kier alpha value is -2.59. The monoisotopic (exact) mass is 441 g/mol. The molecule has 0 aliphatic rings. The molecule has 29 heavy (non-hydrogen) atoms. The van der Waals surface area contributed by atoms with Crippen LogP contribution < -0.4 is 9.47 Å². The zero-order chi connectivity index (χ0) is 21.4. The third-order valence-corrected chi connectivity index (χ3v) is 4.95. The van der Waals surface area contributed by atoms with Gasteiger partial charge in [-0.2, -0.15) is 9.97 Å². The number of carbonyl (C=O) groups is 2. The van der Waals surface area contributed by atoms with E-state index in [1.54, 1.807) is 6.20 Å². The number of carboxylic acids is 1. The second-order valence-electron chi connectivity index (χ2n) is 5.69. The van der Waals surface area contributed by atoms with Crippen LogP contribution >= 0.6 is 23.4 Å². The molecule has 0 aliphatic heterocycles. The number of aryl methyl sites for hydroxylation is 1. The molecule has 0 unspecified atom stereocenters. The van der Waals surface area contributed by atoms with Gasteiger partial charge in [0.2, 0.25) is 18.6 Å². The molecule has 2 aromatic heterocycles. The predicted molar refractivity (Wildman–Crippen MR) is 105 cm³/mol. The number of carboxylic acid groups (broad SMARTS) is 1. The van der Waals surface area contributed by atoms with E-state index in [0.717, 1.165) is 11.1 Å². The standard InChI is InChI=1S/C18H20ClN3O6S/c1-4-11-16(26-3)21-18(29-8-12-10(2)5-6-20-15(12)19)22-17(11)28-9-27-14(25)7-13(23)24/h5-6H,4,7-9H2,1-3H3,(H,23,24). The van der Waals surface area contributed by atoms with Gasteiger partial charge in [-0.15, -0.1) is 0 Å². The van der Waals surface area contributed by atoms with Crippen molar-refractivity contribution < 1.29 is 28.9 Å². The van der Waals surface area contributed by atoms with Crippen molar-refractivity contribution >= 4 is 35.3 Å². The zero-order valence-corrected chi connectivity index (χ0v) is 17.7. The average Bonchev–Trinajstić information content (AvgIpc) is 2.66. The Kier molecular flexibility index (Phi) is 8.47. The van der Waals surface area contributed by atoms with Crippen LogP contribution in [0.4, 0.5) is 0 Å². The van der Waals surface area contributed by atoms with Crippen LogP contribution in [0.5, 0.6) is 11.8 Å². The summed E-state index contributed by atoms with van der Waals surface area (Å²) < 4.78 is 15.5. The van der Waals surface area contributed by atoms with Crippen molar-refractivity contribution in [3.63, 3.8) is 0 Å². The second-order valence-corrected chi connectivity index (χ2v) is 6.99. The molecular weight excluding hydrogens is 422 g/mol. The van der Waals surface area contributed by atoms with Gasteiger partial charge < -0.3 is 19.3 Å². The van der Waals surface area contributed by atoms with Gasteiger partial charge in [0.25, 0.3) is 0 Å². The highest BCUT2D eigenvalue weighted by molar-refractivity contribution is 7.98. The predicted octanol–water partition coefficient (Wildman–Crippen LogP) is 3.05. The van der Waals surface area contributed by atoms with Crippen LogP contribution in [0.25, 0.3) is 0 Å². The zero-order valence-electron chi connectivity index (χ0n) is 16.1. The third kappa shape index (κ3) is 6.47. The van der Waals surface area contributed by atoms with Crippen LogP contribution in [0.1, 0.15) is 30.0 Å². The van der Waals surface area contributed by atoms with Crippen LogP contribution in [0.15, 0.2) is 17.4 Å². The van der Waals surface area contributed by atoms with Crippen molar-refractivity contribution in [1.29, 1.82) is 0 Å². The molecule has 0 spiro atoms. The lowest BCUT2D eigenvalue weighted by Crippen LogP contribution is -2.15. The van der Waals surface area contributed by atoms with Gasteiger partial charge in [-0.25, -0.2) is 4.98 Å². The van der Waals surface area contributed by atoms with E-state index in [1.807, 2.05) is 19.9 Å². The fourth-order valence-corrected chi connectivity index (χ4v) is 3.56. The average molecular weight is 442 g/mol. The van der Waals surface area contributed by atoms with Crippen molar-refractivity contribution in [3.05, 3.63) is 34.1 Å². The molecule has 0 saturated heterocycles. The van der Waals surface area contributed by atoms with Crippen molar-refractivity contribution in [3.8, 4) is 11.8 Å². The Morgan fingerprint density at radius 1 is 1.24 bits per heavy atom. The molecule has 2 aromatic rings. The van der Waals surface area contributed by atoms with Crippen LogP contribution in [0, 0.1) is 6.92 Å². The fourth-order valence-electron chi connectivity index (χ4n) is 2.27. The Morgan fingerprint density at radius 3 is 2.59 bits per heavy atom. The van der Waals surface area contributed by atoms with Crippen molar-refractivity contribution in [2.24, 2.45) is 0 Å². The molecular formula is C18H20ClN3O6S. The lowest BCUT2D eigenvalue weighted by Gasteiger charge is -2.14. The topological polar surface area (TPSA) is 121 Å². The number of thioether (sulfide) groups is 1. The van der Waals surface area contributed by atoms with Crippen LogP contribution in [-0.2, 0) is 26.5 Å². The lowest BCUT2D eigenvalue weighted by atomic mass is 10.2. The van der Waals surface area contributed by atoms with Gasteiger partial charge in [0.1, 0.15) is 11.6 Å². The number of carbonyl (C=O) groups excluding carboxylic acids is 1. The van der Waals surface area contributed by atoms with E-state index in [1.165, 1.54) is 18.9 Å². The Bertz CT molecular complexity index is 876. The van der Waals surface area contributed by atoms with E-state index in [2.05, 4.69) is 15.0 Å². The largest absolute Gasteiger partial charge is 0.481 e. The van der Waals surface area contributed by atoms with E-state index >= 15 is 0 Å². The minimum atomic E-state index is -1.28. The van der Waals surface area contributed by atoms with Gasteiger partial charge in [-0.1, -0.05) is 30.3 Å². The van der Waals surface area contributed by atoms with Crippen molar-refractivity contribution in [1.82, 2.24) is 15.0 Å². The first-order valence-corrected chi connectivity index (χ1v) is 9.89. The third-order valence-electron chi connectivity index (χ3n) is 3.75.